The minimum atomic E-state index is -0.0880. The lowest BCUT2D eigenvalue weighted by atomic mass is 10.1. The molecular formula is C15H18N2O. The van der Waals surface area contributed by atoms with Gasteiger partial charge in [-0.05, 0) is 11.1 Å². The smallest absolute Gasteiger partial charge is 0.0693 e. The average Bonchev–Trinajstić information content (AvgIpc) is 2.46. The largest absolute Gasteiger partial charge is 0.316 e. The Hall–Kier alpha value is -1.68. The van der Waals surface area contributed by atoms with Gasteiger partial charge in [0.2, 0.25) is 0 Å². The molecule has 2 aromatic rings. The molecule has 0 saturated heterocycles. The van der Waals surface area contributed by atoms with Gasteiger partial charge >= 0.3 is 0 Å². The van der Waals surface area contributed by atoms with Crippen LogP contribution in [0.4, 0.5) is 0 Å². The van der Waals surface area contributed by atoms with E-state index in [1.165, 1.54) is 5.56 Å². The van der Waals surface area contributed by atoms with Crippen molar-refractivity contribution in [3.8, 4) is 0 Å². The third-order valence-corrected chi connectivity index (χ3v) is 2.88. The molecule has 1 atom stereocenters. The van der Waals surface area contributed by atoms with E-state index in [2.05, 4.69) is 22.9 Å². The second-order valence-corrected chi connectivity index (χ2v) is 4.21. The van der Waals surface area contributed by atoms with Gasteiger partial charge in [0.25, 0.3) is 0 Å². The standard InChI is InChI=1S/C15H18N2O/c18-17-15(14-9-5-2-6-10-14)12-16-11-13-7-3-1-4-8-13/h1-10,15-18H,11-12H2. The maximum absolute atomic E-state index is 9.19. The van der Waals surface area contributed by atoms with Crippen molar-refractivity contribution in [3.05, 3.63) is 71.8 Å². The quantitative estimate of drug-likeness (QED) is 0.682. The Labute approximate surface area is 107 Å². The average molecular weight is 242 g/mol. The lowest BCUT2D eigenvalue weighted by Gasteiger charge is -2.16. The summed E-state index contributed by atoms with van der Waals surface area (Å²) in [5, 5.41) is 12.5. The Morgan fingerprint density at radius 2 is 1.50 bits per heavy atom. The third-order valence-electron chi connectivity index (χ3n) is 2.88. The molecule has 0 aliphatic heterocycles. The van der Waals surface area contributed by atoms with Gasteiger partial charge in [0.05, 0.1) is 6.04 Å². The van der Waals surface area contributed by atoms with Crippen molar-refractivity contribution in [2.45, 2.75) is 12.6 Å². The van der Waals surface area contributed by atoms with Crippen molar-refractivity contribution in [1.82, 2.24) is 10.8 Å². The summed E-state index contributed by atoms with van der Waals surface area (Å²) in [4.78, 5) is 0. The second kappa shape index (κ2) is 6.91. The molecule has 0 heterocycles. The summed E-state index contributed by atoms with van der Waals surface area (Å²) in [6.07, 6.45) is 0. The first-order valence-electron chi connectivity index (χ1n) is 6.09. The summed E-state index contributed by atoms with van der Waals surface area (Å²) in [5.41, 5.74) is 4.65. The molecule has 0 fully saturated rings. The first kappa shape index (κ1) is 12.8. The topological polar surface area (TPSA) is 44.3 Å². The molecule has 0 bridgehead atoms. The van der Waals surface area contributed by atoms with Gasteiger partial charge in [-0.3, -0.25) is 0 Å². The summed E-state index contributed by atoms with van der Waals surface area (Å²) in [6.45, 7) is 1.47. The van der Waals surface area contributed by atoms with Crippen LogP contribution in [0.25, 0.3) is 0 Å². The van der Waals surface area contributed by atoms with Gasteiger partial charge in [-0.25, -0.2) is 0 Å². The molecule has 3 N–H and O–H groups in total. The van der Waals surface area contributed by atoms with E-state index in [9.17, 15) is 5.21 Å². The maximum Gasteiger partial charge on any atom is 0.0693 e. The van der Waals surface area contributed by atoms with E-state index in [1.54, 1.807) is 0 Å². The molecule has 18 heavy (non-hydrogen) atoms. The summed E-state index contributed by atoms with van der Waals surface area (Å²) >= 11 is 0. The highest BCUT2D eigenvalue weighted by Gasteiger charge is 2.08. The van der Waals surface area contributed by atoms with Gasteiger partial charge in [-0.15, -0.1) is 0 Å². The van der Waals surface area contributed by atoms with Crippen molar-refractivity contribution in [2.75, 3.05) is 6.54 Å². The summed E-state index contributed by atoms with van der Waals surface area (Å²) in [7, 11) is 0. The molecule has 2 aromatic carbocycles. The molecule has 0 spiro atoms. The first-order chi connectivity index (χ1) is 8.90. The predicted octanol–water partition coefficient (Wildman–Crippen LogP) is 2.50. The fourth-order valence-corrected chi connectivity index (χ4v) is 1.88. The van der Waals surface area contributed by atoms with Crippen LogP contribution in [0.5, 0.6) is 0 Å². The molecule has 3 heteroatoms. The highest BCUT2D eigenvalue weighted by Crippen LogP contribution is 2.10. The minimum Gasteiger partial charge on any atom is -0.316 e. The van der Waals surface area contributed by atoms with E-state index in [0.717, 1.165) is 12.1 Å². The van der Waals surface area contributed by atoms with Crippen LogP contribution in [-0.4, -0.2) is 11.8 Å². The Morgan fingerprint density at radius 1 is 0.889 bits per heavy atom. The zero-order chi connectivity index (χ0) is 12.6. The number of hydroxylamine groups is 1. The van der Waals surface area contributed by atoms with E-state index >= 15 is 0 Å². The van der Waals surface area contributed by atoms with Crippen LogP contribution in [0.15, 0.2) is 60.7 Å². The Bertz CT molecular complexity index is 445. The molecule has 94 valence electrons. The monoisotopic (exact) mass is 242 g/mol. The van der Waals surface area contributed by atoms with Crippen LogP contribution in [-0.2, 0) is 6.54 Å². The molecule has 0 aromatic heterocycles. The summed E-state index contributed by atoms with van der Waals surface area (Å²) in [5.74, 6) is 0. The van der Waals surface area contributed by atoms with Crippen molar-refractivity contribution in [3.63, 3.8) is 0 Å². The SMILES string of the molecule is ONC(CNCc1ccccc1)c1ccccc1. The zero-order valence-electron chi connectivity index (χ0n) is 10.2. The molecule has 3 nitrogen and oxygen atoms in total. The number of hydrogen-bond acceptors (Lipinski definition) is 3. The summed E-state index contributed by atoms with van der Waals surface area (Å²) in [6, 6.07) is 20.0. The molecule has 0 amide bonds. The van der Waals surface area contributed by atoms with Crippen molar-refractivity contribution >= 4 is 0 Å². The number of rotatable bonds is 6. The fraction of sp³-hybridized carbons (Fsp3) is 0.200. The van der Waals surface area contributed by atoms with Crippen molar-refractivity contribution < 1.29 is 5.21 Å². The Balaban J connectivity index is 1.85. The van der Waals surface area contributed by atoms with E-state index in [4.69, 9.17) is 0 Å². The van der Waals surface area contributed by atoms with Gasteiger partial charge in [-0.1, -0.05) is 60.7 Å². The van der Waals surface area contributed by atoms with Gasteiger partial charge in [0.1, 0.15) is 0 Å². The highest BCUT2D eigenvalue weighted by atomic mass is 16.5. The number of nitrogens with one attached hydrogen (secondary N) is 2. The lowest BCUT2D eigenvalue weighted by Crippen LogP contribution is -2.29. The van der Waals surface area contributed by atoms with Crippen LogP contribution >= 0.6 is 0 Å². The van der Waals surface area contributed by atoms with Crippen LogP contribution in [0.1, 0.15) is 17.2 Å². The highest BCUT2D eigenvalue weighted by molar-refractivity contribution is 5.19. The predicted molar refractivity (Wildman–Crippen MR) is 72.3 cm³/mol. The van der Waals surface area contributed by atoms with Gasteiger partial charge < -0.3 is 10.5 Å². The van der Waals surface area contributed by atoms with Crippen molar-refractivity contribution in [1.29, 1.82) is 0 Å². The summed E-state index contributed by atoms with van der Waals surface area (Å²) < 4.78 is 0. The zero-order valence-corrected chi connectivity index (χ0v) is 10.2. The normalized spacial score (nSPS) is 12.3. The van der Waals surface area contributed by atoms with Gasteiger partial charge in [0.15, 0.2) is 0 Å². The molecule has 0 radical (unpaired) electrons. The molecule has 0 aliphatic rings. The second-order valence-electron chi connectivity index (χ2n) is 4.21. The molecule has 0 aliphatic carbocycles. The molecule has 2 rings (SSSR count). The van der Waals surface area contributed by atoms with Crippen LogP contribution in [0, 0.1) is 0 Å². The third kappa shape index (κ3) is 3.67. The fourth-order valence-electron chi connectivity index (χ4n) is 1.88. The van der Waals surface area contributed by atoms with Crippen LogP contribution < -0.4 is 10.8 Å². The van der Waals surface area contributed by atoms with Crippen LogP contribution in [0.2, 0.25) is 0 Å². The first-order valence-corrected chi connectivity index (χ1v) is 6.09. The minimum absolute atomic E-state index is 0.0880. The van der Waals surface area contributed by atoms with E-state index in [1.807, 2.05) is 48.5 Å². The van der Waals surface area contributed by atoms with E-state index in [0.29, 0.717) is 6.54 Å². The van der Waals surface area contributed by atoms with Crippen molar-refractivity contribution in [2.24, 2.45) is 0 Å². The maximum atomic E-state index is 9.19. The number of hydrogen-bond donors (Lipinski definition) is 3. The van der Waals surface area contributed by atoms with Gasteiger partial charge in [0, 0.05) is 13.1 Å². The number of benzene rings is 2. The molecule has 0 saturated carbocycles. The Kier molecular flexibility index (Phi) is 4.90. The molecule has 1 unspecified atom stereocenters. The van der Waals surface area contributed by atoms with Crippen LogP contribution in [0.3, 0.4) is 0 Å². The Morgan fingerprint density at radius 3 is 2.11 bits per heavy atom. The lowest BCUT2D eigenvalue weighted by molar-refractivity contribution is 0.125. The van der Waals surface area contributed by atoms with E-state index < -0.39 is 0 Å². The molecular weight excluding hydrogens is 224 g/mol. The van der Waals surface area contributed by atoms with Gasteiger partial charge in [-0.2, -0.15) is 5.48 Å². The van der Waals surface area contributed by atoms with E-state index in [-0.39, 0.29) is 6.04 Å².